The molecule has 4 aromatic rings. The van der Waals surface area contributed by atoms with Gasteiger partial charge in [-0.3, -0.25) is 9.78 Å². The first-order valence-electron chi connectivity index (χ1n) is 9.61. The molecule has 0 atom stereocenters. The predicted octanol–water partition coefficient (Wildman–Crippen LogP) is 4.10. The predicted molar refractivity (Wildman–Crippen MR) is 116 cm³/mol. The smallest absolute Gasteiger partial charge is 0.167 e. The summed E-state index contributed by atoms with van der Waals surface area (Å²) in [5.74, 6) is 6.15. The van der Waals surface area contributed by atoms with Gasteiger partial charge in [-0.05, 0) is 49.6 Å². The summed E-state index contributed by atoms with van der Waals surface area (Å²) in [4.78, 5) is 25.6. The summed E-state index contributed by atoms with van der Waals surface area (Å²) in [6.07, 6.45) is 7.33. The van der Waals surface area contributed by atoms with E-state index in [9.17, 15) is 4.79 Å². The summed E-state index contributed by atoms with van der Waals surface area (Å²) in [6.45, 7) is 3.83. The van der Waals surface area contributed by atoms with Gasteiger partial charge in [0.1, 0.15) is 5.69 Å². The second kappa shape index (κ2) is 8.54. The first-order valence-corrected chi connectivity index (χ1v) is 9.61. The normalized spacial score (nSPS) is 10.3. The zero-order valence-corrected chi connectivity index (χ0v) is 16.8. The number of hydrogen-bond donors (Lipinski definition) is 0. The monoisotopic (exact) mass is 392 g/mol. The molecule has 0 fully saturated rings. The van der Waals surface area contributed by atoms with Gasteiger partial charge in [0.2, 0.25) is 0 Å². The van der Waals surface area contributed by atoms with Gasteiger partial charge >= 0.3 is 0 Å². The van der Waals surface area contributed by atoms with Gasteiger partial charge in [-0.15, -0.1) is 0 Å². The van der Waals surface area contributed by atoms with Crippen LogP contribution in [0.1, 0.15) is 38.6 Å². The Labute approximate surface area is 175 Å². The maximum Gasteiger partial charge on any atom is 0.167 e. The third kappa shape index (κ3) is 4.50. The van der Waals surface area contributed by atoms with E-state index >= 15 is 0 Å². The van der Waals surface area contributed by atoms with E-state index in [2.05, 4.69) is 26.8 Å². The summed E-state index contributed by atoms with van der Waals surface area (Å²) < 4.78 is 1.92. The minimum atomic E-state index is 0.0485. The van der Waals surface area contributed by atoms with Gasteiger partial charge in [-0.2, -0.15) is 0 Å². The number of hydrogen-bond acceptors (Lipinski definition) is 4. The Kier molecular flexibility index (Phi) is 5.49. The van der Waals surface area contributed by atoms with E-state index in [1.807, 2.05) is 73.1 Å². The van der Waals surface area contributed by atoms with E-state index in [1.54, 1.807) is 18.7 Å². The highest BCUT2D eigenvalue weighted by atomic mass is 16.1. The maximum absolute atomic E-state index is 12.8. The summed E-state index contributed by atoms with van der Waals surface area (Å²) in [5, 5.41) is 0. The third-order valence-corrected chi connectivity index (χ3v) is 4.79. The minimum absolute atomic E-state index is 0.0485. The SMILES string of the molecule is Cc1ncc(C#Cc2cccc(C(=O)Cc3cccc(-n4ccnc4)c3)c2)nc1C. The lowest BCUT2D eigenvalue weighted by Gasteiger charge is -2.06. The molecule has 2 heterocycles. The van der Waals surface area contributed by atoms with Crippen molar-refractivity contribution in [3.8, 4) is 17.5 Å². The van der Waals surface area contributed by atoms with Crippen molar-refractivity contribution in [2.45, 2.75) is 20.3 Å². The Morgan fingerprint density at radius 1 is 1.03 bits per heavy atom. The number of carbonyl (C=O) groups excluding carboxylic acids is 1. The minimum Gasteiger partial charge on any atom is -0.306 e. The highest BCUT2D eigenvalue weighted by Gasteiger charge is 2.08. The van der Waals surface area contributed by atoms with E-state index in [1.165, 1.54) is 0 Å². The average Bonchev–Trinajstić information content (AvgIpc) is 3.30. The second-order valence-electron chi connectivity index (χ2n) is 7.00. The summed E-state index contributed by atoms with van der Waals surface area (Å²) in [6, 6.07) is 15.3. The lowest BCUT2D eigenvalue weighted by Crippen LogP contribution is -2.04. The Morgan fingerprint density at radius 3 is 2.70 bits per heavy atom. The van der Waals surface area contributed by atoms with Gasteiger partial charge in [0, 0.05) is 35.6 Å². The van der Waals surface area contributed by atoms with Gasteiger partial charge < -0.3 is 4.57 Å². The first-order chi connectivity index (χ1) is 14.6. The van der Waals surface area contributed by atoms with Gasteiger partial charge in [-0.1, -0.05) is 30.2 Å². The van der Waals surface area contributed by atoms with Crippen LogP contribution in [0.5, 0.6) is 0 Å². The number of aryl methyl sites for hydroxylation is 2. The molecule has 0 unspecified atom stereocenters. The standard InChI is InChI=1S/C25H20N4O/c1-18-19(2)28-23(16-27-18)10-9-20-5-3-7-22(13-20)25(30)15-21-6-4-8-24(14-21)29-12-11-26-17-29/h3-8,11-14,16-17H,15H2,1-2H3. The molecule has 30 heavy (non-hydrogen) atoms. The van der Waals surface area contributed by atoms with Crippen molar-refractivity contribution in [3.05, 3.63) is 107 Å². The molecular weight excluding hydrogens is 372 g/mol. The molecule has 0 N–H and O–H groups in total. The number of rotatable bonds is 4. The molecule has 2 aromatic carbocycles. The van der Waals surface area contributed by atoms with Crippen LogP contribution in [-0.2, 0) is 6.42 Å². The largest absolute Gasteiger partial charge is 0.306 e. The van der Waals surface area contributed by atoms with Crippen molar-refractivity contribution >= 4 is 5.78 Å². The fraction of sp³-hybridized carbons (Fsp3) is 0.120. The molecule has 0 aliphatic carbocycles. The van der Waals surface area contributed by atoms with Crippen LogP contribution in [0, 0.1) is 25.7 Å². The van der Waals surface area contributed by atoms with Crippen LogP contribution in [-0.4, -0.2) is 25.3 Å². The molecule has 0 aliphatic heterocycles. The molecule has 2 aromatic heterocycles. The topological polar surface area (TPSA) is 60.7 Å². The van der Waals surface area contributed by atoms with Gasteiger partial charge in [-0.25, -0.2) is 9.97 Å². The molecule has 0 spiro atoms. The van der Waals surface area contributed by atoms with Crippen LogP contribution >= 0.6 is 0 Å². The molecule has 0 aliphatic rings. The van der Waals surface area contributed by atoms with Crippen molar-refractivity contribution in [3.63, 3.8) is 0 Å². The van der Waals surface area contributed by atoms with Crippen molar-refractivity contribution in [2.75, 3.05) is 0 Å². The van der Waals surface area contributed by atoms with E-state index in [0.29, 0.717) is 17.7 Å². The van der Waals surface area contributed by atoms with Crippen molar-refractivity contribution in [2.24, 2.45) is 0 Å². The van der Waals surface area contributed by atoms with Gasteiger partial charge in [0.15, 0.2) is 5.78 Å². The molecule has 0 saturated heterocycles. The van der Waals surface area contributed by atoms with Crippen LogP contribution in [0.15, 0.2) is 73.4 Å². The second-order valence-corrected chi connectivity index (χ2v) is 7.00. The third-order valence-electron chi connectivity index (χ3n) is 4.79. The number of imidazole rings is 1. The zero-order chi connectivity index (χ0) is 20.9. The number of nitrogens with zero attached hydrogens (tertiary/aromatic N) is 4. The summed E-state index contributed by atoms with van der Waals surface area (Å²) in [5.41, 5.74) is 5.72. The maximum atomic E-state index is 12.8. The number of carbonyl (C=O) groups is 1. The molecule has 0 amide bonds. The fourth-order valence-electron chi connectivity index (χ4n) is 3.03. The molecule has 5 heteroatoms. The fourth-order valence-corrected chi connectivity index (χ4v) is 3.03. The molecule has 0 radical (unpaired) electrons. The average molecular weight is 392 g/mol. The number of aromatic nitrogens is 4. The zero-order valence-electron chi connectivity index (χ0n) is 16.8. The van der Waals surface area contributed by atoms with Crippen LogP contribution < -0.4 is 0 Å². The van der Waals surface area contributed by atoms with Crippen LogP contribution in [0.2, 0.25) is 0 Å². The van der Waals surface area contributed by atoms with E-state index < -0.39 is 0 Å². The van der Waals surface area contributed by atoms with Crippen LogP contribution in [0.25, 0.3) is 5.69 Å². The van der Waals surface area contributed by atoms with E-state index in [0.717, 1.165) is 28.2 Å². The van der Waals surface area contributed by atoms with Gasteiger partial charge in [0.25, 0.3) is 0 Å². The Bertz CT molecular complexity index is 1260. The molecule has 4 rings (SSSR count). The molecule has 0 bridgehead atoms. The van der Waals surface area contributed by atoms with E-state index in [-0.39, 0.29) is 5.78 Å². The molecular formula is C25H20N4O. The summed E-state index contributed by atoms with van der Waals surface area (Å²) >= 11 is 0. The van der Waals surface area contributed by atoms with Crippen molar-refractivity contribution in [1.29, 1.82) is 0 Å². The van der Waals surface area contributed by atoms with Crippen molar-refractivity contribution in [1.82, 2.24) is 19.5 Å². The van der Waals surface area contributed by atoms with Gasteiger partial charge in [0.05, 0.1) is 23.9 Å². The number of Topliss-reactive ketones (excluding diaryl/α,β-unsaturated/α-hetero) is 1. The quantitative estimate of drug-likeness (QED) is 0.387. The molecule has 146 valence electrons. The van der Waals surface area contributed by atoms with E-state index in [4.69, 9.17) is 0 Å². The lowest BCUT2D eigenvalue weighted by molar-refractivity contribution is 0.0993. The lowest BCUT2D eigenvalue weighted by atomic mass is 10.0. The van der Waals surface area contributed by atoms with Crippen molar-refractivity contribution < 1.29 is 4.79 Å². The number of ketones is 1. The van der Waals surface area contributed by atoms with Crippen LogP contribution in [0.4, 0.5) is 0 Å². The molecule has 0 saturated carbocycles. The Hall–Kier alpha value is -4.04. The Morgan fingerprint density at radius 2 is 1.90 bits per heavy atom. The highest BCUT2D eigenvalue weighted by Crippen LogP contribution is 2.14. The summed E-state index contributed by atoms with van der Waals surface area (Å²) in [7, 11) is 0. The van der Waals surface area contributed by atoms with Crippen LogP contribution in [0.3, 0.4) is 0 Å². The first kappa shape index (κ1) is 19.3. The molecule has 5 nitrogen and oxygen atoms in total. The highest BCUT2D eigenvalue weighted by molar-refractivity contribution is 5.97. The Balaban J connectivity index is 1.51. The number of benzene rings is 2.